The lowest BCUT2D eigenvalue weighted by molar-refractivity contribution is -0.112. The van der Waals surface area contributed by atoms with Gasteiger partial charge in [-0.05, 0) is 34.1 Å². The van der Waals surface area contributed by atoms with Gasteiger partial charge in [0.1, 0.15) is 10.6 Å². The highest BCUT2D eigenvalue weighted by Crippen LogP contribution is 2.35. The number of phenols is 1. The molecule has 0 aromatic heterocycles. The number of benzene rings is 2. The fourth-order valence-corrected chi connectivity index (χ4v) is 2.67. The van der Waals surface area contributed by atoms with E-state index >= 15 is 0 Å². The highest BCUT2D eigenvalue weighted by atomic mass is 79.9. The molecule has 6 nitrogen and oxygen atoms in total. The molecular formula is C13H10BrNO5S. The Labute approximate surface area is 129 Å². The van der Waals surface area contributed by atoms with E-state index in [2.05, 4.69) is 27.8 Å². The summed E-state index contributed by atoms with van der Waals surface area (Å²) in [6.07, 6.45) is 0. The number of carbonyl (C=O) groups excluding carboxylic acids is 1. The van der Waals surface area contributed by atoms with Crippen LogP contribution < -0.4 is 5.32 Å². The first-order valence-electron chi connectivity index (χ1n) is 5.59. The van der Waals surface area contributed by atoms with Crippen LogP contribution in [0.4, 0.5) is 5.69 Å². The number of anilines is 1. The van der Waals surface area contributed by atoms with Crippen LogP contribution in [0.3, 0.4) is 0 Å². The number of aromatic hydroxyl groups is 1. The van der Waals surface area contributed by atoms with Crippen LogP contribution in [0.25, 0.3) is 10.8 Å². The smallest absolute Gasteiger partial charge is 0.295 e. The van der Waals surface area contributed by atoms with Crippen LogP contribution in [0.15, 0.2) is 46.3 Å². The van der Waals surface area contributed by atoms with Crippen molar-refractivity contribution in [2.45, 2.75) is 4.90 Å². The van der Waals surface area contributed by atoms with Gasteiger partial charge in [-0.25, -0.2) is 0 Å². The molecule has 0 spiro atoms. The second-order valence-corrected chi connectivity index (χ2v) is 6.49. The number of nitrogens with one attached hydrogen (secondary N) is 1. The first-order chi connectivity index (χ1) is 9.71. The van der Waals surface area contributed by atoms with Crippen molar-refractivity contribution in [2.24, 2.45) is 0 Å². The number of halogens is 1. The molecule has 2 aromatic carbocycles. The second kappa shape index (κ2) is 5.47. The fourth-order valence-electron chi connectivity index (χ4n) is 1.88. The highest BCUT2D eigenvalue weighted by Gasteiger charge is 2.18. The summed E-state index contributed by atoms with van der Waals surface area (Å²) in [5.41, 5.74) is 0.195. The zero-order chi connectivity index (χ0) is 15.8. The number of hydrogen-bond acceptors (Lipinski definition) is 4. The Morgan fingerprint density at radius 2 is 1.90 bits per heavy atom. The predicted molar refractivity (Wildman–Crippen MR) is 82.1 cm³/mol. The summed E-state index contributed by atoms with van der Waals surface area (Å²) in [5, 5.41) is 12.6. The number of fused-ring (bicyclic) bond motifs is 1. The molecule has 3 N–H and O–H groups in total. The Hall–Kier alpha value is -1.90. The van der Waals surface area contributed by atoms with Gasteiger partial charge >= 0.3 is 0 Å². The monoisotopic (exact) mass is 371 g/mol. The molecule has 2 aromatic rings. The number of carbonyl (C=O) groups is 1. The summed E-state index contributed by atoms with van der Waals surface area (Å²) in [4.78, 5) is 11.3. The van der Waals surface area contributed by atoms with Crippen molar-refractivity contribution in [1.82, 2.24) is 0 Å². The highest BCUT2D eigenvalue weighted by molar-refractivity contribution is 9.12. The molecule has 110 valence electrons. The third kappa shape index (κ3) is 3.07. The zero-order valence-corrected chi connectivity index (χ0v) is 12.9. The maximum atomic E-state index is 11.6. The zero-order valence-electron chi connectivity index (χ0n) is 10.5. The lowest BCUT2D eigenvalue weighted by Gasteiger charge is -2.12. The van der Waals surface area contributed by atoms with Gasteiger partial charge in [-0.1, -0.05) is 18.7 Å². The van der Waals surface area contributed by atoms with Gasteiger partial charge in [-0.2, -0.15) is 8.42 Å². The van der Waals surface area contributed by atoms with Gasteiger partial charge in [0, 0.05) is 10.8 Å². The van der Waals surface area contributed by atoms with E-state index in [-0.39, 0.29) is 31.6 Å². The average Bonchev–Trinajstić information content (AvgIpc) is 2.37. The molecule has 0 saturated carbocycles. The minimum absolute atomic E-state index is 0.0740. The molecule has 0 unspecified atom stereocenters. The van der Waals surface area contributed by atoms with E-state index in [4.69, 9.17) is 0 Å². The predicted octanol–water partition coefficient (Wildman–Crippen LogP) is 2.64. The first-order valence-corrected chi connectivity index (χ1v) is 7.83. The lowest BCUT2D eigenvalue weighted by Crippen LogP contribution is -2.11. The summed E-state index contributed by atoms with van der Waals surface area (Å²) in [6, 6.07) is 6.61. The summed E-state index contributed by atoms with van der Waals surface area (Å²) < 4.78 is 32.0. The van der Waals surface area contributed by atoms with E-state index in [1.54, 1.807) is 0 Å². The summed E-state index contributed by atoms with van der Waals surface area (Å²) in [5.74, 6) is -0.771. The topological polar surface area (TPSA) is 104 Å². The van der Waals surface area contributed by atoms with Gasteiger partial charge in [-0.15, -0.1) is 0 Å². The van der Waals surface area contributed by atoms with Crippen molar-refractivity contribution in [3.05, 3.63) is 41.4 Å². The summed E-state index contributed by atoms with van der Waals surface area (Å²) in [7, 11) is -4.46. The Morgan fingerprint density at radius 3 is 2.48 bits per heavy atom. The van der Waals surface area contributed by atoms with Crippen LogP contribution >= 0.6 is 15.9 Å². The van der Waals surface area contributed by atoms with Crippen LogP contribution in [0.5, 0.6) is 5.75 Å². The van der Waals surface area contributed by atoms with E-state index in [1.807, 2.05) is 0 Å². The van der Waals surface area contributed by atoms with Crippen molar-refractivity contribution >= 4 is 48.4 Å². The van der Waals surface area contributed by atoms with Crippen LogP contribution in [0.2, 0.25) is 0 Å². The molecule has 0 aliphatic carbocycles. The SMILES string of the molecule is C=C(Br)C(=O)Nc1ccc(S(=O)(=O)O)c2cccc(O)c12. The quantitative estimate of drug-likeness (QED) is 0.568. The molecule has 1 amide bonds. The van der Waals surface area contributed by atoms with E-state index in [0.717, 1.165) is 6.07 Å². The molecular weight excluding hydrogens is 362 g/mol. The molecule has 0 fully saturated rings. The van der Waals surface area contributed by atoms with Crippen molar-refractivity contribution in [1.29, 1.82) is 0 Å². The first kappa shape index (κ1) is 15.5. The fraction of sp³-hybridized carbons (Fsp3) is 0. The Kier molecular flexibility index (Phi) is 4.04. The normalized spacial score (nSPS) is 11.3. The second-order valence-electron chi connectivity index (χ2n) is 4.15. The van der Waals surface area contributed by atoms with Gasteiger partial charge < -0.3 is 10.4 Å². The maximum absolute atomic E-state index is 11.6. The number of amides is 1. The van der Waals surface area contributed by atoms with Crippen molar-refractivity contribution in [3.8, 4) is 5.75 Å². The Bertz CT molecular complexity index is 860. The van der Waals surface area contributed by atoms with Crippen LogP contribution in [0, 0.1) is 0 Å². The standard InChI is InChI=1S/C13H10BrNO5S/c1-7(14)13(17)15-9-5-6-11(21(18,19)20)8-3-2-4-10(16)12(8)9/h2-6,16H,1H2,(H,15,17)(H,18,19,20). The minimum Gasteiger partial charge on any atom is -0.507 e. The third-order valence-corrected chi connectivity index (χ3v) is 4.02. The van der Waals surface area contributed by atoms with Crippen molar-refractivity contribution in [2.75, 3.05) is 5.32 Å². The molecule has 21 heavy (non-hydrogen) atoms. The number of hydrogen-bond donors (Lipinski definition) is 3. The van der Waals surface area contributed by atoms with E-state index in [9.17, 15) is 22.9 Å². The van der Waals surface area contributed by atoms with E-state index in [0.29, 0.717) is 0 Å². The van der Waals surface area contributed by atoms with Gasteiger partial charge in [0.25, 0.3) is 16.0 Å². The number of rotatable bonds is 3. The summed E-state index contributed by atoms with van der Waals surface area (Å²) in [6.45, 7) is 3.42. The maximum Gasteiger partial charge on any atom is 0.295 e. The molecule has 8 heteroatoms. The van der Waals surface area contributed by atoms with Crippen molar-refractivity contribution < 1.29 is 22.9 Å². The van der Waals surface area contributed by atoms with Gasteiger partial charge in [0.2, 0.25) is 0 Å². The van der Waals surface area contributed by atoms with Gasteiger partial charge in [-0.3, -0.25) is 9.35 Å². The molecule has 0 atom stereocenters. The Morgan fingerprint density at radius 1 is 1.24 bits per heavy atom. The lowest BCUT2D eigenvalue weighted by atomic mass is 10.1. The van der Waals surface area contributed by atoms with Gasteiger partial charge in [0.15, 0.2) is 0 Å². The molecule has 0 aliphatic rings. The van der Waals surface area contributed by atoms with Gasteiger partial charge in [0.05, 0.1) is 10.2 Å². The van der Waals surface area contributed by atoms with Crippen LogP contribution in [-0.2, 0) is 14.9 Å². The number of phenolic OH excluding ortho intramolecular Hbond substituents is 1. The Balaban J connectivity index is 2.76. The van der Waals surface area contributed by atoms with E-state index in [1.165, 1.54) is 24.3 Å². The molecule has 0 heterocycles. The molecule has 0 saturated heterocycles. The molecule has 0 bridgehead atoms. The molecule has 0 radical (unpaired) electrons. The summed E-state index contributed by atoms with van der Waals surface area (Å²) >= 11 is 2.92. The molecule has 2 rings (SSSR count). The van der Waals surface area contributed by atoms with Crippen molar-refractivity contribution in [3.63, 3.8) is 0 Å². The van der Waals surface area contributed by atoms with Crippen LogP contribution in [-0.4, -0.2) is 24.0 Å². The van der Waals surface area contributed by atoms with E-state index < -0.39 is 16.0 Å². The van der Waals surface area contributed by atoms with Crippen LogP contribution in [0.1, 0.15) is 0 Å². The largest absolute Gasteiger partial charge is 0.507 e. The molecule has 0 aliphatic heterocycles. The minimum atomic E-state index is -4.46. The average molecular weight is 372 g/mol. The third-order valence-electron chi connectivity index (χ3n) is 2.75.